The summed E-state index contributed by atoms with van der Waals surface area (Å²) in [4.78, 5) is 38.7. The van der Waals surface area contributed by atoms with E-state index in [1.54, 1.807) is 24.4 Å². The minimum absolute atomic E-state index is 0.0250. The second-order valence-electron chi connectivity index (χ2n) is 9.67. The lowest BCUT2D eigenvalue weighted by atomic mass is 9.97. The van der Waals surface area contributed by atoms with Gasteiger partial charge in [0, 0.05) is 54.5 Å². The van der Waals surface area contributed by atoms with Crippen molar-refractivity contribution in [2.75, 3.05) is 47.5 Å². The molecule has 2 aromatic rings. The quantitative estimate of drug-likeness (QED) is 0.529. The maximum atomic E-state index is 15.2. The molecule has 2 N–H and O–H groups in total. The zero-order valence-electron chi connectivity index (χ0n) is 19.6. The number of phosphoric acid groups is 1. The SMILES string of the molecule is Cc1cc(-c2ccc(N3C[C@H](COP(=O)(O)O)[C@H]4C[C@@H]4C3=O)cc2F)cnc1N1CCS(=O)(=O)CC1. The molecular formula is C23H27FN3O7PS. The highest BCUT2D eigenvalue weighted by molar-refractivity contribution is 7.91. The summed E-state index contributed by atoms with van der Waals surface area (Å²) >= 11 is 0. The Balaban J connectivity index is 1.33. The molecule has 194 valence electrons. The van der Waals surface area contributed by atoms with Gasteiger partial charge in [0.25, 0.3) is 0 Å². The highest BCUT2D eigenvalue weighted by Crippen LogP contribution is 2.51. The summed E-state index contributed by atoms with van der Waals surface area (Å²) in [5.74, 6) is -0.277. The predicted molar refractivity (Wildman–Crippen MR) is 131 cm³/mol. The van der Waals surface area contributed by atoms with Crippen LogP contribution in [-0.2, 0) is 23.7 Å². The van der Waals surface area contributed by atoms with Crippen molar-refractivity contribution in [1.82, 2.24) is 4.98 Å². The Bertz CT molecular complexity index is 1350. The Morgan fingerprint density at radius 1 is 1.22 bits per heavy atom. The van der Waals surface area contributed by atoms with E-state index >= 15 is 4.39 Å². The molecule has 1 aromatic carbocycles. The van der Waals surface area contributed by atoms with E-state index in [1.807, 2.05) is 11.8 Å². The molecule has 2 saturated heterocycles. The third-order valence-electron chi connectivity index (χ3n) is 7.17. The first-order chi connectivity index (χ1) is 16.9. The summed E-state index contributed by atoms with van der Waals surface area (Å²) in [5, 5.41) is 0. The maximum Gasteiger partial charge on any atom is 0.469 e. The lowest BCUT2D eigenvalue weighted by Crippen LogP contribution is -2.43. The molecule has 3 atom stereocenters. The molecule has 0 spiro atoms. The second-order valence-corrected chi connectivity index (χ2v) is 13.2. The van der Waals surface area contributed by atoms with Crippen molar-refractivity contribution in [3.8, 4) is 11.1 Å². The van der Waals surface area contributed by atoms with Crippen molar-refractivity contribution >= 4 is 35.1 Å². The summed E-state index contributed by atoms with van der Waals surface area (Å²) in [5.41, 5.74) is 2.06. The largest absolute Gasteiger partial charge is 0.469 e. The lowest BCUT2D eigenvalue weighted by molar-refractivity contribution is -0.121. The zero-order chi connectivity index (χ0) is 25.8. The van der Waals surface area contributed by atoms with Crippen LogP contribution in [0, 0.1) is 30.5 Å². The number of fused-ring (bicyclic) bond motifs is 1. The Morgan fingerprint density at radius 2 is 1.94 bits per heavy atom. The average molecular weight is 540 g/mol. The minimum atomic E-state index is -4.62. The van der Waals surface area contributed by atoms with E-state index in [-0.39, 0.29) is 48.3 Å². The van der Waals surface area contributed by atoms with Crippen LogP contribution in [0.2, 0.25) is 0 Å². The molecule has 1 saturated carbocycles. The van der Waals surface area contributed by atoms with Crippen LogP contribution in [-0.4, -0.2) is 66.8 Å². The monoisotopic (exact) mass is 539 g/mol. The average Bonchev–Trinajstić information content (AvgIpc) is 3.60. The van der Waals surface area contributed by atoms with E-state index in [9.17, 15) is 17.8 Å². The minimum Gasteiger partial charge on any atom is -0.354 e. The lowest BCUT2D eigenvalue weighted by Gasteiger charge is -2.32. The molecule has 1 aromatic heterocycles. The summed E-state index contributed by atoms with van der Waals surface area (Å²) in [6.45, 7) is 2.60. The Morgan fingerprint density at radius 3 is 2.58 bits per heavy atom. The number of pyridine rings is 1. The van der Waals surface area contributed by atoms with Gasteiger partial charge in [-0.3, -0.25) is 9.32 Å². The van der Waals surface area contributed by atoms with Crippen molar-refractivity contribution in [3.63, 3.8) is 0 Å². The standard InChI is InChI=1S/C23H27FN3O7PS/c1-14-8-15(11-25-22(14)26-4-6-36(32,33)7-5-26)18-3-2-17(9-21(18)24)27-12-16(13-34-35(29,30)31)19-10-20(19)23(27)28/h2-3,8-9,11,16,19-20H,4-7,10,12-13H2,1H3,(H2,29,30,31)/t16-,19-,20+/m1/s1. The third-order valence-corrected chi connectivity index (χ3v) is 9.27. The number of piperidine rings is 1. The van der Waals surface area contributed by atoms with Gasteiger partial charge in [-0.15, -0.1) is 0 Å². The maximum absolute atomic E-state index is 15.2. The van der Waals surface area contributed by atoms with E-state index in [1.165, 1.54) is 11.0 Å². The number of benzene rings is 1. The number of rotatable bonds is 6. The normalized spacial score (nSPS) is 25.6. The molecule has 2 aliphatic heterocycles. The first-order valence-electron chi connectivity index (χ1n) is 11.7. The summed E-state index contributed by atoms with van der Waals surface area (Å²) in [6, 6.07) is 6.33. The Hall–Kier alpha value is -2.37. The van der Waals surface area contributed by atoms with Crippen molar-refractivity contribution in [1.29, 1.82) is 0 Å². The van der Waals surface area contributed by atoms with Gasteiger partial charge >= 0.3 is 7.82 Å². The summed E-state index contributed by atoms with van der Waals surface area (Å²) < 4.78 is 54.4. The molecule has 13 heteroatoms. The van der Waals surface area contributed by atoms with Gasteiger partial charge in [-0.1, -0.05) is 0 Å². The van der Waals surface area contributed by atoms with Crippen molar-refractivity contribution in [3.05, 3.63) is 41.8 Å². The van der Waals surface area contributed by atoms with Crippen LogP contribution >= 0.6 is 7.82 Å². The van der Waals surface area contributed by atoms with Gasteiger partial charge in [0.2, 0.25) is 5.91 Å². The summed E-state index contributed by atoms with van der Waals surface area (Å²) in [7, 11) is -7.63. The fraction of sp³-hybridized carbons (Fsp3) is 0.478. The highest BCUT2D eigenvalue weighted by atomic mass is 32.2. The zero-order valence-corrected chi connectivity index (χ0v) is 21.3. The number of nitrogens with zero attached hydrogens (tertiary/aromatic N) is 3. The van der Waals surface area contributed by atoms with Crippen LogP contribution in [0.15, 0.2) is 30.5 Å². The molecule has 5 rings (SSSR count). The second kappa shape index (κ2) is 9.18. The third kappa shape index (κ3) is 5.19. The molecule has 1 aliphatic carbocycles. The van der Waals surface area contributed by atoms with Crippen LogP contribution < -0.4 is 9.80 Å². The molecule has 3 heterocycles. The van der Waals surface area contributed by atoms with Crippen LogP contribution in [0.4, 0.5) is 15.9 Å². The van der Waals surface area contributed by atoms with E-state index in [0.717, 1.165) is 5.56 Å². The van der Waals surface area contributed by atoms with Crippen LogP contribution in [0.3, 0.4) is 0 Å². The van der Waals surface area contributed by atoms with Crippen molar-refractivity contribution < 1.29 is 36.5 Å². The van der Waals surface area contributed by atoms with Gasteiger partial charge in [0.15, 0.2) is 9.84 Å². The number of carbonyl (C=O) groups is 1. The molecule has 0 bridgehead atoms. The molecule has 10 nitrogen and oxygen atoms in total. The topological polar surface area (TPSA) is 137 Å². The van der Waals surface area contributed by atoms with Gasteiger partial charge in [0.1, 0.15) is 11.6 Å². The first kappa shape index (κ1) is 25.3. The number of phosphoric ester groups is 1. The molecule has 0 unspecified atom stereocenters. The first-order valence-corrected chi connectivity index (χ1v) is 15.0. The number of anilines is 2. The number of amides is 1. The summed E-state index contributed by atoms with van der Waals surface area (Å²) in [6.07, 6.45) is 2.19. The number of aryl methyl sites for hydroxylation is 1. The van der Waals surface area contributed by atoms with Gasteiger partial charge in [-0.2, -0.15) is 0 Å². The van der Waals surface area contributed by atoms with Gasteiger partial charge < -0.3 is 19.6 Å². The highest BCUT2D eigenvalue weighted by Gasteiger charge is 2.54. The van der Waals surface area contributed by atoms with E-state index in [4.69, 9.17) is 9.79 Å². The number of sulfone groups is 1. The molecular weight excluding hydrogens is 512 g/mol. The van der Waals surface area contributed by atoms with Crippen LogP contribution in [0.25, 0.3) is 11.1 Å². The van der Waals surface area contributed by atoms with E-state index in [2.05, 4.69) is 9.51 Å². The molecule has 36 heavy (non-hydrogen) atoms. The molecule has 3 fully saturated rings. The number of halogens is 1. The van der Waals surface area contributed by atoms with Crippen LogP contribution in [0.5, 0.6) is 0 Å². The number of hydrogen-bond donors (Lipinski definition) is 2. The van der Waals surface area contributed by atoms with E-state index in [0.29, 0.717) is 42.1 Å². The smallest absolute Gasteiger partial charge is 0.354 e. The molecule has 0 radical (unpaired) electrons. The molecule has 3 aliphatic rings. The van der Waals surface area contributed by atoms with Crippen LogP contribution in [0.1, 0.15) is 12.0 Å². The number of aromatic nitrogens is 1. The van der Waals surface area contributed by atoms with Crippen molar-refractivity contribution in [2.24, 2.45) is 17.8 Å². The van der Waals surface area contributed by atoms with Gasteiger partial charge in [-0.05, 0) is 49.1 Å². The fourth-order valence-corrected chi connectivity index (χ4v) is 6.74. The number of carbonyl (C=O) groups excluding carboxylic acids is 1. The fourth-order valence-electron chi connectivity index (χ4n) is 5.16. The predicted octanol–water partition coefficient (Wildman–Crippen LogP) is 2.14. The van der Waals surface area contributed by atoms with Gasteiger partial charge in [0.05, 0.1) is 18.1 Å². The Labute approximate surface area is 208 Å². The number of hydrogen-bond acceptors (Lipinski definition) is 7. The Kier molecular flexibility index (Phi) is 6.45. The van der Waals surface area contributed by atoms with Crippen molar-refractivity contribution in [2.45, 2.75) is 13.3 Å². The molecule has 1 amide bonds. The van der Waals surface area contributed by atoms with Gasteiger partial charge in [-0.25, -0.2) is 22.4 Å². The van der Waals surface area contributed by atoms with E-state index < -0.39 is 23.5 Å².